The van der Waals surface area contributed by atoms with Gasteiger partial charge in [0.15, 0.2) is 0 Å². The predicted octanol–water partition coefficient (Wildman–Crippen LogP) is 6.42. The number of carbonyl (C=O) groups is 1. The zero-order valence-electron chi connectivity index (χ0n) is 20.1. The number of rotatable bonds is 4. The van der Waals surface area contributed by atoms with Crippen LogP contribution in [0.15, 0.2) is 78.6 Å². The van der Waals surface area contributed by atoms with E-state index in [1.54, 1.807) is 23.4 Å². The Hall–Kier alpha value is -3.67. The maximum atomic E-state index is 11.1. The summed E-state index contributed by atoms with van der Waals surface area (Å²) in [6.45, 7) is 5.35. The third-order valence-electron chi connectivity index (χ3n) is 5.55. The van der Waals surface area contributed by atoms with Crippen LogP contribution in [0, 0.1) is 0 Å². The molecule has 2 heterocycles. The number of ether oxygens (including phenoxy) is 1. The lowest BCUT2D eigenvalue weighted by molar-refractivity contribution is 0.203. The van der Waals surface area contributed by atoms with E-state index in [1.165, 1.54) is 24.0 Å². The van der Waals surface area contributed by atoms with Crippen LogP contribution in [0.4, 0.5) is 4.79 Å². The molecule has 178 valence electrons. The number of nitrogens with zero attached hydrogens (tertiary/aromatic N) is 3. The van der Waals surface area contributed by atoms with Crippen molar-refractivity contribution in [3.05, 3.63) is 89.8 Å². The van der Waals surface area contributed by atoms with Crippen LogP contribution in [-0.2, 0) is 0 Å². The van der Waals surface area contributed by atoms with Gasteiger partial charge in [-0.3, -0.25) is 0 Å². The number of benzene rings is 2. The van der Waals surface area contributed by atoms with E-state index in [-0.39, 0.29) is 6.03 Å². The van der Waals surface area contributed by atoms with E-state index in [0.29, 0.717) is 24.8 Å². The van der Waals surface area contributed by atoms with Crippen LogP contribution in [0.25, 0.3) is 6.08 Å². The lowest BCUT2D eigenvalue weighted by atomic mass is 10.0. The summed E-state index contributed by atoms with van der Waals surface area (Å²) < 4.78 is 5.64. The van der Waals surface area contributed by atoms with Crippen LogP contribution < -0.4 is 10.5 Å². The molecule has 0 unspecified atom stereocenters. The Bertz CT molecular complexity index is 1040. The van der Waals surface area contributed by atoms with Gasteiger partial charge in [0.05, 0.1) is 0 Å². The van der Waals surface area contributed by atoms with Gasteiger partial charge < -0.3 is 15.4 Å². The molecule has 3 aromatic rings. The molecule has 1 aliphatic heterocycles. The average molecular weight is 459 g/mol. The summed E-state index contributed by atoms with van der Waals surface area (Å²) in [4.78, 5) is 20.9. The molecular formula is C28H34N4O2. The highest BCUT2D eigenvalue weighted by atomic mass is 16.5. The topological polar surface area (TPSA) is 81.3 Å². The van der Waals surface area contributed by atoms with Crippen molar-refractivity contribution in [3.8, 4) is 11.8 Å². The smallest absolute Gasteiger partial charge is 0.321 e. The Kier molecular flexibility index (Phi) is 9.65. The van der Waals surface area contributed by atoms with Gasteiger partial charge in [-0.15, -0.1) is 0 Å². The zero-order chi connectivity index (χ0) is 24.2. The fraction of sp³-hybridized carbons (Fsp3) is 0.321. The molecule has 6 nitrogen and oxygen atoms in total. The molecule has 6 heteroatoms. The second-order valence-corrected chi connectivity index (χ2v) is 8.02. The zero-order valence-corrected chi connectivity index (χ0v) is 20.1. The number of carbonyl (C=O) groups excluding carboxylic acids is 1. The minimum absolute atomic E-state index is 0.326. The lowest BCUT2D eigenvalue weighted by Gasteiger charge is -2.26. The summed E-state index contributed by atoms with van der Waals surface area (Å²) in [7, 11) is 0. The lowest BCUT2D eigenvalue weighted by Crippen LogP contribution is -2.39. The molecule has 1 saturated carbocycles. The van der Waals surface area contributed by atoms with Crippen molar-refractivity contribution in [2.45, 2.75) is 45.4 Å². The SMILES string of the molecule is CC.NC(=O)N1CCC(=Cc2cccc(Oc3ncccn3)c2)CC1.c1ccc(C2CC2)cc1. The number of primary amides is 1. The molecule has 0 atom stereocenters. The molecule has 5 rings (SSSR count). The van der Waals surface area contributed by atoms with Crippen LogP contribution in [0.2, 0.25) is 0 Å². The number of hydrogen-bond acceptors (Lipinski definition) is 4. The monoisotopic (exact) mass is 458 g/mol. The van der Waals surface area contributed by atoms with Gasteiger partial charge in [0, 0.05) is 25.5 Å². The van der Waals surface area contributed by atoms with Gasteiger partial charge in [0.25, 0.3) is 0 Å². The third kappa shape index (κ3) is 8.03. The van der Waals surface area contributed by atoms with Gasteiger partial charge in [-0.1, -0.05) is 68.0 Å². The highest BCUT2D eigenvalue weighted by Gasteiger charge is 2.22. The Morgan fingerprint density at radius 1 is 0.971 bits per heavy atom. The first-order valence-corrected chi connectivity index (χ1v) is 12.0. The van der Waals surface area contributed by atoms with Crippen LogP contribution >= 0.6 is 0 Å². The number of aromatic nitrogens is 2. The van der Waals surface area contributed by atoms with Gasteiger partial charge >= 0.3 is 12.0 Å². The van der Waals surface area contributed by atoms with Crippen molar-refractivity contribution >= 4 is 12.1 Å². The number of urea groups is 1. The molecule has 1 saturated heterocycles. The average Bonchev–Trinajstić information content (AvgIpc) is 3.73. The summed E-state index contributed by atoms with van der Waals surface area (Å²) in [6.07, 6.45) is 9.91. The van der Waals surface area contributed by atoms with Gasteiger partial charge in [0.2, 0.25) is 0 Å². The van der Waals surface area contributed by atoms with Gasteiger partial charge in [-0.05, 0) is 60.9 Å². The Morgan fingerprint density at radius 3 is 2.26 bits per heavy atom. The fourth-order valence-corrected chi connectivity index (χ4v) is 3.65. The highest BCUT2D eigenvalue weighted by molar-refractivity contribution is 5.72. The van der Waals surface area contributed by atoms with Crippen molar-refractivity contribution in [2.24, 2.45) is 5.73 Å². The van der Waals surface area contributed by atoms with E-state index in [9.17, 15) is 4.79 Å². The van der Waals surface area contributed by atoms with Crippen molar-refractivity contribution in [3.63, 3.8) is 0 Å². The van der Waals surface area contributed by atoms with E-state index < -0.39 is 0 Å². The number of likely N-dealkylation sites (tertiary alicyclic amines) is 1. The van der Waals surface area contributed by atoms with E-state index in [1.807, 2.05) is 38.1 Å². The van der Waals surface area contributed by atoms with E-state index >= 15 is 0 Å². The standard InChI is InChI=1S/C17H18N4O2.C9H10.C2H6/c18-16(22)21-9-5-13(6-10-21)11-14-3-1-4-15(12-14)23-17-19-7-2-8-20-17;1-2-4-8(5-3-1)9-6-7-9;1-2/h1-4,7-8,11-12H,5-6,9-10H2,(H2,18,22);1-5,9H,6-7H2;1-2H3. The van der Waals surface area contributed by atoms with E-state index in [4.69, 9.17) is 10.5 Å². The van der Waals surface area contributed by atoms with Crippen LogP contribution in [0.5, 0.6) is 11.8 Å². The number of nitrogens with two attached hydrogens (primary N) is 1. The predicted molar refractivity (Wildman–Crippen MR) is 137 cm³/mol. The van der Waals surface area contributed by atoms with Crippen LogP contribution in [0.3, 0.4) is 0 Å². The third-order valence-corrected chi connectivity index (χ3v) is 5.55. The van der Waals surface area contributed by atoms with E-state index in [2.05, 4.69) is 46.4 Å². The first kappa shape index (κ1) is 25.0. The van der Waals surface area contributed by atoms with Crippen molar-refractivity contribution in [2.75, 3.05) is 13.1 Å². The van der Waals surface area contributed by atoms with Gasteiger partial charge in [-0.2, -0.15) is 0 Å². The number of piperidine rings is 1. The van der Waals surface area contributed by atoms with Crippen molar-refractivity contribution in [1.29, 1.82) is 0 Å². The molecule has 34 heavy (non-hydrogen) atoms. The molecule has 2 N–H and O–H groups in total. The van der Waals surface area contributed by atoms with Crippen molar-refractivity contribution in [1.82, 2.24) is 14.9 Å². The minimum Gasteiger partial charge on any atom is -0.424 e. The molecule has 0 spiro atoms. The fourth-order valence-electron chi connectivity index (χ4n) is 3.65. The molecule has 1 aromatic heterocycles. The maximum Gasteiger partial charge on any atom is 0.321 e. The summed E-state index contributed by atoms with van der Waals surface area (Å²) >= 11 is 0. The number of hydrogen-bond donors (Lipinski definition) is 1. The quantitative estimate of drug-likeness (QED) is 0.489. The summed E-state index contributed by atoms with van der Waals surface area (Å²) in [5.74, 6) is 1.60. The normalized spacial score (nSPS) is 14.6. The Labute approximate surface area is 202 Å². The molecule has 2 amide bonds. The molecule has 2 fully saturated rings. The Balaban J connectivity index is 0.000000243. The maximum absolute atomic E-state index is 11.1. The first-order chi connectivity index (χ1) is 16.7. The highest BCUT2D eigenvalue weighted by Crippen LogP contribution is 2.39. The second kappa shape index (κ2) is 13.1. The summed E-state index contributed by atoms with van der Waals surface area (Å²) in [6, 6.07) is 20.2. The van der Waals surface area contributed by atoms with Crippen LogP contribution in [-0.4, -0.2) is 34.0 Å². The van der Waals surface area contributed by atoms with E-state index in [0.717, 1.165) is 24.3 Å². The second-order valence-electron chi connectivity index (χ2n) is 8.02. The molecule has 2 aliphatic rings. The minimum atomic E-state index is -0.345. The molecule has 0 radical (unpaired) electrons. The largest absolute Gasteiger partial charge is 0.424 e. The summed E-state index contributed by atoms with van der Waals surface area (Å²) in [5.41, 5.74) is 9.18. The molecule has 2 aromatic carbocycles. The molecule has 1 aliphatic carbocycles. The first-order valence-electron chi connectivity index (χ1n) is 12.0. The number of amides is 2. The molecular weight excluding hydrogens is 424 g/mol. The molecule has 0 bridgehead atoms. The summed E-state index contributed by atoms with van der Waals surface area (Å²) in [5, 5.41) is 0. The van der Waals surface area contributed by atoms with Gasteiger partial charge in [-0.25, -0.2) is 14.8 Å². The van der Waals surface area contributed by atoms with Crippen LogP contribution in [0.1, 0.15) is 56.6 Å². The van der Waals surface area contributed by atoms with Gasteiger partial charge in [0.1, 0.15) is 5.75 Å². The Morgan fingerprint density at radius 2 is 1.65 bits per heavy atom. The van der Waals surface area contributed by atoms with Crippen molar-refractivity contribution < 1.29 is 9.53 Å².